The van der Waals surface area contributed by atoms with Crippen molar-refractivity contribution in [1.29, 1.82) is 0 Å². The molecule has 0 spiro atoms. The van der Waals surface area contributed by atoms with Crippen LogP contribution in [-0.2, 0) is 11.2 Å². The normalized spacial score (nSPS) is 12.0. The van der Waals surface area contributed by atoms with Crippen LogP contribution in [0.2, 0.25) is 0 Å². The molecule has 0 N–H and O–H groups in total. The van der Waals surface area contributed by atoms with E-state index in [0.29, 0.717) is 5.75 Å². The van der Waals surface area contributed by atoms with Crippen molar-refractivity contribution in [3.05, 3.63) is 48.2 Å². The van der Waals surface area contributed by atoms with Crippen molar-refractivity contribution < 1.29 is 9.53 Å². The number of hydrogen-bond donors (Lipinski definition) is 0. The van der Waals surface area contributed by atoms with E-state index < -0.39 is 0 Å². The maximum Gasteiger partial charge on any atom is 0.314 e. The Morgan fingerprint density at radius 3 is 2.30 bits per heavy atom. The van der Waals surface area contributed by atoms with Gasteiger partial charge in [0.1, 0.15) is 5.75 Å². The fourth-order valence-corrected chi connectivity index (χ4v) is 2.93. The quantitative estimate of drug-likeness (QED) is 0.255. The van der Waals surface area contributed by atoms with Gasteiger partial charge in [0, 0.05) is 11.8 Å². The van der Waals surface area contributed by atoms with Gasteiger partial charge in [-0.3, -0.25) is 9.78 Å². The highest BCUT2D eigenvalue weighted by atomic mass is 16.5. The van der Waals surface area contributed by atoms with E-state index >= 15 is 0 Å². The fourth-order valence-electron chi connectivity index (χ4n) is 2.93. The van der Waals surface area contributed by atoms with Gasteiger partial charge in [-0.2, -0.15) is 0 Å². The van der Waals surface area contributed by atoms with Crippen molar-refractivity contribution in [2.24, 2.45) is 5.92 Å². The predicted molar refractivity (Wildman–Crippen MR) is 112 cm³/mol. The van der Waals surface area contributed by atoms with Crippen LogP contribution in [0.15, 0.2) is 42.6 Å². The minimum atomic E-state index is -0.178. The largest absolute Gasteiger partial charge is 0.426 e. The summed E-state index contributed by atoms with van der Waals surface area (Å²) in [5.41, 5.74) is 3.28. The van der Waals surface area contributed by atoms with Crippen molar-refractivity contribution in [3.8, 4) is 17.0 Å². The minimum Gasteiger partial charge on any atom is -0.426 e. The summed E-state index contributed by atoms with van der Waals surface area (Å²) >= 11 is 0. The molecule has 27 heavy (non-hydrogen) atoms. The monoisotopic (exact) mass is 367 g/mol. The van der Waals surface area contributed by atoms with Crippen LogP contribution in [0.5, 0.6) is 5.75 Å². The summed E-state index contributed by atoms with van der Waals surface area (Å²) in [6.07, 6.45) is 11.8. The van der Waals surface area contributed by atoms with Crippen LogP contribution in [0.25, 0.3) is 11.3 Å². The van der Waals surface area contributed by atoms with E-state index in [4.69, 9.17) is 4.74 Å². The van der Waals surface area contributed by atoms with Crippen LogP contribution in [0, 0.1) is 5.92 Å². The van der Waals surface area contributed by atoms with Crippen molar-refractivity contribution in [2.45, 2.75) is 72.1 Å². The summed E-state index contributed by atoms with van der Waals surface area (Å²) in [7, 11) is 0. The van der Waals surface area contributed by atoms with E-state index in [1.807, 2.05) is 44.3 Å². The van der Waals surface area contributed by atoms with E-state index in [1.54, 1.807) is 0 Å². The molecule has 0 amide bonds. The molecule has 0 saturated carbocycles. The number of esters is 1. The Balaban J connectivity index is 1.84. The highest BCUT2D eigenvalue weighted by molar-refractivity contribution is 5.75. The second-order valence-electron chi connectivity index (χ2n) is 7.32. The van der Waals surface area contributed by atoms with Gasteiger partial charge in [0.25, 0.3) is 0 Å². The van der Waals surface area contributed by atoms with Gasteiger partial charge in [0.15, 0.2) is 0 Å². The van der Waals surface area contributed by atoms with Crippen molar-refractivity contribution in [3.63, 3.8) is 0 Å². The zero-order valence-corrected chi connectivity index (χ0v) is 17.0. The van der Waals surface area contributed by atoms with Crippen molar-refractivity contribution in [2.75, 3.05) is 0 Å². The molecular weight excluding hydrogens is 334 g/mol. The molecule has 1 heterocycles. The average molecular weight is 368 g/mol. The number of nitrogens with zero attached hydrogens (tertiary/aromatic N) is 1. The van der Waals surface area contributed by atoms with Crippen molar-refractivity contribution >= 4 is 5.97 Å². The van der Waals surface area contributed by atoms with Crippen LogP contribution in [0.3, 0.4) is 0 Å². The van der Waals surface area contributed by atoms with Crippen LogP contribution < -0.4 is 4.74 Å². The number of aryl methyl sites for hydroxylation is 1. The SMILES string of the molecule is CCCCCCCCc1ccc(-c2ccc(OC(=O)C(C)CC)cc2)nc1. The van der Waals surface area contributed by atoms with Gasteiger partial charge >= 0.3 is 5.97 Å². The van der Waals surface area contributed by atoms with E-state index in [9.17, 15) is 4.79 Å². The van der Waals surface area contributed by atoms with Gasteiger partial charge in [0.2, 0.25) is 0 Å². The number of pyridine rings is 1. The molecule has 1 aromatic carbocycles. The highest BCUT2D eigenvalue weighted by Gasteiger charge is 2.13. The van der Waals surface area contributed by atoms with E-state index in [0.717, 1.165) is 24.1 Å². The third kappa shape index (κ3) is 7.16. The first-order valence-electron chi connectivity index (χ1n) is 10.4. The topological polar surface area (TPSA) is 39.2 Å². The molecular formula is C24H33NO2. The molecule has 0 radical (unpaired) electrons. The number of benzene rings is 1. The van der Waals surface area contributed by atoms with Crippen LogP contribution in [0.1, 0.15) is 71.3 Å². The second-order valence-corrected chi connectivity index (χ2v) is 7.32. The van der Waals surface area contributed by atoms with E-state index in [1.165, 1.54) is 44.1 Å². The Bertz CT molecular complexity index is 677. The molecule has 2 aromatic rings. The molecule has 0 aliphatic rings. The van der Waals surface area contributed by atoms with Gasteiger partial charge in [-0.1, -0.05) is 58.9 Å². The number of carbonyl (C=O) groups is 1. The van der Waals surface area contributed by atoms with Gasteiger partial charge in [-0.15, -0.1) is 0 Å². The summed E-state index contributed by atoms with van der Waals surface area (Å²) in [5, 5.41) is 0. The third-order valence-corrected chi connectivity index (χ3v) is 5.03. The van der Waals surface area contributed by atoms with Gasteiger partial charge in [-0.05, 0) is 55.2 Å². The summed E-state index contributed by atoms with van der Waals surface area (Å²) in [6, 6.07) is 11.8. The number of unbranched alkanes of at least 4 members (excludes halogenated alkanes) is 5. The Kier molecular flexibility index (Phi) is 9.03. The van der Waals surface area contributed by atoms with Crippen LogP contribution in [0.4, 0.5) is 0 Å². The fraction of sp³-hybridized carbons (Fsp3) is 0.500. The Morgan fingerprint density at radius 2 is 1.67 bits per heavy atom. The number of hydrogen-bond acceptors (Lipinski definition) is 3. The number of aromatic nitrogens is 1. The first-order valence-corrected chi connectivity index (χ1v) is 10.4. The standard InChI is InChI=1S/C24H33NO2/c1-4-6-7-8-9-10-11-20-12-17-23(25-18-20)21-13-15-22(16-14-21)27-24(26)19(3)5-2/h12-19H,4-11H2,1-3H3. The average Bonchev–Trinajstić information content (AvgIpc) is 2.71. The zero-order valence-electron chi connectivity index (χ0n) is 17.0. The smallest absolute Gasteiger partial charge is 0.314 e. The molecule has 1 unspecified atom stereocenters. The van der Waals surface area contributed by atoms with Gasteiger partial charge < -0.3 is 4.74 Å². The van der Waals surface area contributed by atoms with Crippen molar-refractivity contribution in [1.82, 2.24) is 4.98 Å². The van der Waals surface area contributed by atoms with Crippen LogP contribution in [-0.4, -0.2) is 11.0 Å². The number of carbonyl (C=O) groups excluding carboxylic acids is 1. The lowest BCUT2D eigenvalue weighted by Gasteiger charge is -2.09. The highest BCUT2D eigenvalue weighted by Crippen LogP contribution is 2.22. The summed E-state index contributed by atoms with van der Waals surface area (Å²) in [4.78, 5) is 16.5. The van der Waals surface area contributed by atoms with Gasteiger partial charge in [0.05, 0.1) is 11.6 Å². The Hall–Kier alpha value is -2.16. The lowest BCUT2D eigenvalue weighted by molar-refractivity contribution is -0.138. The number of rotatable bonds is 11. The maximum absolute atomic E-state index is 11.9. The van der Waals surface area contributed by atoms with E-state index in [2.05, 4.69) is 24.0 Å². The second kappa shape index (κ2) is 11.5. The molecule has 3 heteroatoms. The first kappa shape index (κ1) is 21.1. The molecule has 0 bridgehead atoms. The first-order chi connectivity index (χ1) is 13.1. The zero-order chi connectivity index (χ0) is 19.5. The molecule has 2 rings (SSSR count). The molecule has 3 nitrogen and oxygen atoms in total. The molecule has 0 aliphatic carbocycles. The molecule has 0 saturated heterocycles. The molecule has 0 fully saturated rings. The Labute approximate surface area is 164 Å². The maximum atomic E-state index is 11.9. The Morgan fingerprint density at radius 1 is 0.963 bits per heavy atom. The predicted octanol–water partition coefficient (Wildman–Crippen LogP) is 6.60. The minimum absolute atomic E-state index is 0.0782. The van der Waals surface area contributed by atoms with Crippen LogP contribution >= 0.6 is 0 Å². The molecule has 146 valence electrons. The molecule has 0 aliphatic heterocycles. The molecule has 1 atom stereocenters. The summed E-state index contributed by atoms with van der Waals surface area (Å²) < 4.78 is 5.40. The third-order valence-electron chi connectivity index (χ3n) is 5.03. The molecule has 1 aromatic heterocycles. The van der Waals surface area contributed by atoms with E-state index in [-0.39, 0.29) is 11.9 Å². The van der Waals surface area contributed by atoms with Gasteiger partial charge in [-0.25, -0.2) is 0 Å². The summed E-state index contributed by atoms with van der Waals surface area (Å²) in [6.45, 7) is 6.12. The summed E-state index contributed by atoms with van der Waals surface area (Å²) in [5.74, 6) is 0.330. The lowest BCUT2D eigenvalue weighted by atomic mass is 10.1. The lowest BCUT2D eigenvalue weighted by Crippen LogP contribution is -2.16. The number of ether oxygens (including phenoxy) is 1.